The van der Waals surface area contributed by atoms with Gasteiger partial charge in [0.1, 0.15) is 5.82 Å². The molecule has 0 spiro atoms. The van der Waals surface area contributed by atoms with Crippen molar-refractivity contribution in [3.8, 4) is 0 Å². The average molecular weight is 293 g/mol. The SMILES string of the molecule is Nc1ccccc1Nc1nc(Cl)nc2c1CSCC2. The lowest BCUT2D eigenvalue weighted by molar-refractivity contribution is 0.958. The highest BCUT2D eigenvalue weighted by Crippen LogP contribution is 2.32. The lowest BCUT2D eigenvalue weighted by atomic mass is 10.2. The van der Waals surface area contributed by atoms with Crippen molar-refractivity contribution >= 4 is 40.6 Å². The molecule has 1 aliphatic heterocycles. The summed E-state index contributed by atoms with van der Waals surface area (Å²) in [5.74, 6) is 2.74. The van der Waals surface area contributed by atoms with Gasteiger partial charge in [-0.05, 0) is 35.9 Å². The maximum absolute atomic E-state index is 5.99. The molecule has 0 fully saturated rings. The van der Waals surface area contributed by atoms with Gasteiger partial charge in [0, 0.05) is 11.3 Å². The topological polar surface area (TPSA) is 63.8 Å². The second-order valence-electron chi connectivity index (χ2n) is 4.28. The fraction of sp³-hybridized carbons (Fsp3) is 0.231. The van der Waals surface area contributed by atoms with Crippen molar-refractivity contribution in [2.75, 3.05) is 16.8 Å². The van der Waals surface area contributed by atoms with E-state index in [-0.39, 0.29) is 5.28 Å². The number of benzene rings is 1. The van der Waals surface area contributed by atoms with Crippen LogP contribution in [0.25, 0.3) is 0 Å². The van der Waals surface area contributed by atoms with E-state index in [0.717, 1.165) is 40.7 Å². The maximum atomic E-state index is 5.99. The standard InChI is InChI=1S/C13H13ClN4S/c14-13-17-10-5-6-19-7-8(10)12(18-13)16-11-4-2-1-3-9(11)15/h1-4H,5-7,15H2,(H,16,17,18). The fourth-order valence-corrected chi connectivity index (χ4v) is 3.22. The normalized spacial score (nSPS) is 13.9. The van der Waals surface area contributed by atoms with Crippen LogP contribution in [0, 0.1) is 0 Å². The lowest BCUT2D eigenvalue weighted by Crippen LogP contribution is -2.11. The van der Waals surface area contributed by atoms with E-state index in [0.29, 0.717) is 5.69 Å². The highest BCUT2D eigenvalue weighted by molar-refractivity contribution is 7.98. The van der Waals surface area contributed by atoms with Crippen LogP contribution in [-0.2, 0) is 12.2 Å². The number of hydrogen-bond acceptors (Lipinski definition) is 5. The zero-order chi connectivity index (χ0) is 13.2. The molecule has 0 aliphatic carbocycles. The van der Waals surface area contributed by atoms with Crippen LogP contribution in [0.1, 0.15) is 11.3 Å². The quantitative estimate of drug-likeness (QED) is 0.657. The number of nitrogen functional groups attached to an aromatic ring is 1. The third-order valence-electron chi connectivity index (χ3n) is 3.01. The number of fused-ring (bicyclic) bond motifs is 1. The summed E-state index contributed by atoms with van der Waals surface area (Å²) in [6, 6.07) is 7.61. The molecule has 2 heterocycles. The smallest absolute Gasteiger partial charge is 0.224 e. The van der Waals surface area contributed by atoms with E-state index >= 15 is 0 Å². The summed E-state index contributed by atoms with van der Waals surface area (Å²) in [7, 11) is 0. The number of aryl methyl sites for hydroxylation is 1. The Balaban J connectivity index is 2.01. The average Bonchev–Trinajstić information content (AvgIpc) is 2.41. The van der Waals surface area contributed by atoms with Gasteiger partial charge in [0.05, 0.1) is 17.1 Å². The first kappa shape index (κ1) is 12.6. The van der Waals surface area contributed by atoms with Crippen molar-refractivity contribution in [2.24, 2.45) is 0 Å². The number of para-hydroxylation sites is 2. The summed E-state index contributed by atoms with van der Waals surface area (Å²) in [6.45, 7) is 0. The van der Waals surface area contributed by atoms with Crippen molar-refractivity contribution in [1.29, 1.82) is 0 Å². The van der Waals surface area contributed by atoms with Gasteiger partial charge in [-0.2, -0.15) is 11.8 Å². The Bertz CT molecular complexity index is 618. The number of thioether (sulfide) groups is 1. The molecule has 0 unspecified atom stereocenters. The summed E-state index contributed by atoms with van der Waals surface area (Å²) in [5.41, 5.74) is 9.64. The summed E-state index contributed by atoms with van der Waals surface area (Å²) in [5, 5.41) is 3.55. The third kappa shape index (κ3) is 2.62. The van der Waals surface area contributed by atoms with Crippen LogP contribution in [0.4, 0.5) is 17.2 Å². The highest BCUT2D eigenvalue weighted by Gasteiger charge is 2.18. The monoisotopic (exact) mass is 292 g/mol. The number of nitrogens with one attached hydrogen (secondary N) is 1. The molecule has 1 aliphatic rings. The molecule has 1 aromatic heterocycles. The van der Waals surface area contributed by atoms with E-state index in [9.17, 15) is 0 Å². The van der Waals surface area contributed by atoms with Gasteiger partial charge in [-0.25, -0.2) is 9.97 Å². The van der Waals surface area contributed by atoms with E-state index in [2.05, 4.69) is 15.3 Å². The molecule has 3 rings (SSSR count). The Morgan fingerprint density at radius 3 is 2.95 bits per heavy atom. The van der Waals surface area contributed by atoms with E-state index in [1.807, 2.05) is 36.0 Å². The summed E-state index contributed by atoms with van der Waals surface area (Å²) in [4.78, 5) is 8.61. The van der Waals surface area contributed by atoms with E-state index in [4.69, 9.17) is 17.3 Å². The predicted molar refractivity (Wildman–Crippen MR) is 81.0 cm³/mol. The lowest BCUT2D eigenvalue weighted by Gasteiger charge is -2.19. The van der Waals surface area contributed by atoms with Crippen molar-refractivity contribution in [1.82, 2.24) is 9.97 Å². The molecule has 0 atom stereocenters. The number of nitrogens with zero attached hydrogens (tertiary/aromatic N) is 2. The van der Waals surface area contributed by atoms with Gasteiger partial charge in [0.15, 0.2) is 0 Å². The van der Waals surface area contributed by atoms with Gasteiger partial charge < -0.3 is 11.1 Å². The van der Waals surface area contributed by atoms with Gasteiger partial charge in [0.2, 0.25) is 5.28 Å². The Morgan fingerprint density at radius 2 is 2.11 bits per heavy atom. The van der Waals surface area contributed by atoms with Crippen LogP contribution in [0.15, 0.2) is 24.3 Å². The minimum absolute atomic E-state index is 0.280. The first-order valence-electron chi connectivity index (χ1n) is 5.98. The van der Waals surface area contributed by atoms with Crippen LogP contribution in [0.5, 0.6) is 0 Å². The van der Waals surface area contributed by atoms with E-state index in [1.54, 1.807) is 0 Å². The Morgan fingerprint density at radius 1 is 1.26 bits per heavy atom. The molecule has 19 heavy (non-hydrogen) atoms. The van der Waals surface area contributed by atoms with Crippen LogP contribution < -0.4 is 11.1 Å². The second-order valence-corrected chi connectivity index (χ2v) is 5.72. The van der Waals surface area contributed by atoms with Gasteiger partial charge in [-0.15, -0.1) is 0 Å². The van der Waals surface area contributed by atoms with E-state index in [1.165, 1.54) is 0 Å². The number of rotatable bonds is 2. The number of nitrogens with two attached hydrogens (primary N) is 1. The molecule has 0 saturated carbocycles. The van der Waals surface area contributed by atoms with Crippen molar-refractivity contribution in [3.63, 3.8) is 0 Å². The molecule has 0 amide bonds. The molecular formula is C13H13ClN4S. The minimum atomic E-state index is 0.280. The van der Waals surface area contributed by atoms with Crippen molar-refractivity contribution in [2.45, 2.75) is 12.2 Å². The number of anilines is 3. The maximum Gasteiger partial charge on any atom is 0.224 e. The van der Waals surface area contributed by atoms with Crippen LogP contribution in [0.2, 0.25) is 5.28 Å². The molecule has 4 nitrogen and oxygen atoms in total. The third-order valence-corrected chi connectivity index (χ3v) is 4.16. The first-order chi connectivity index (χ1) is 9.24. The van der Waals surface area contributed by atoms with Gasteiger partial charge in [-0.3, -0.25) is 0 Å². The number of halogens is 1. The molecule has 98 valence electrons. The van der Waals surface area contributed by atoms with Crippen LogP contribution in [0.3, 0.4) is 0 Å². The Labute approximate surface area is 120 Å². The van der Waals surface area contributed by atoms with Gasteiger partial charge >= 0.3 is 0 Å². The zero-order valence-electron chi connectivity index (χ0n) is 10.2. The van der Waals surface area contributed by atoms with Crippen LogP contribution >= 0.6 is 23.4 Å². The number of hydrogen-bond donors (Lipinski definition) is 2. The molecule has 0 saturated heterocycles. The second kappa shape index (κ2) is 5.27. The zero-order valence-corrected chi connectivity index (χ0v) is 11.8. The van der Waals surface area contributed by atoms with Gasteiger partial charge in [-0.1, -0.05) is 12.1 Å². The minimum Gasteiger partial charge on any atom is -0.397 e. The molecule has 3 N–H and O–H groups in total. The molecule has 1 aromatic carbocycles. The van der Waals surface area contributed by atoms with Crippen LogP contribution in [-0.4, -0.2) is 15.7 Å². The van der Waals surface area contributed by atoms with Crippen molar-refractivity contribution < 1.29 is 0 Å². The predicted octanol–water partition coefficient (Wildman–Crippen LogP) is 3.25. The fourth-order valence-electron chi connectivity index (χ4n) is 2.04. The molecule has 6 heteroatoms. The Kier molecular flexibility index (Phi) is 3.48. The van der Waals surface area contributed by atoms with E-state index < -0.39 is 0 Å². The van der Waals surface area contributed by atoms with Crippen molar-refractivity contribution in [3.05, 3.63) is 40.8 Å². The summed E-state index contributed by atoms with van der Waals surface area (Å²) < 4.78 is 0. The summed E-state index contributed by atoms with van der Waals surface area (Å²) >= 11 is 7.87. The first-order valence-corrected chi connectivity index (χ1v) is 7.52. The van der Waals surface area contributed by atoms with Gasteiger partial charge in [0.25, 0.3) is 0 Å². The summed E-state index contributed by atoms with van der Waals surface area (Å²) in [6.07, 6.45) is 0.932. The number of aromatic nitrogens is 2. The molecule has 0 radical (unpaired) electrons. The largest absolute Gasteiger partial charge is 0.397 e. The highest BCUT2D eigenvalue weighted by atomic mass is 35.5. The molecular weight excluding hydrogens is 280 g/mol. The Hall–Kier alpha value is -1.46. The molecule has 2 aromatic rings. The molecule has 0 bridgehead atoms.